The SMILES string of the molecule is CC(=O)O[C@H]1O[C@H](COC(=O)c2ccc(C)cc2)[C@H](OC(=O)c2ccc(C)cc2)[C@H]1OC(C)=O. The Labute approximate surface area is 196 Å². The Balaban J connectivity index is 1.80. The van der Waals surface area contributed by atoms with E-state index >= 15 is 0 Å². The standard InChI is InChI=1S/C25H26O9/c1-14-5-9-18(10-6-14)23(28)30-13-20-21(34-24(29)19-11-7-15(2)8-12-19)22(31-16(3)26)25(33-20)32-17(4)27/h5-12,20-22,25H,13H2,1-4H3/t20-,21+,22-,25+/m1/s1. The van der Waals surface area contributed by atoms with Crippen molar-refractivity contribution in [3.05, 3.63) is 70.8 Å². The molecule has 180 valence electrons. The van der Waals surface area contributed by atoms with Crippen LogP contribution < -0.4 is 0 Å². The topological polar surface area (TPSA) is 114 Å². The molecular formula is C25H26O9. The first-order chi connectivity index (χ1) is 16.1. The van der Waals surface area contributed by atoms with E-state index in [1.165, 1.54) is 0 Å². The van der Waals surface area contributed by atoms with Gasteiger partial charge >= 0.3 is 23.9 Å². The third-order valence-electron chi connectivity index (χ3n) is 5.05. The second-order valence-corrected chi connectivity index (χ2v) is 7.93. The fourth-order valence-electron chi connectivity index (χ4n) is 3.36. The largest absolute Gasteiger partial charge is 0.459 e. The molecule has 9 nitrogen and oxygen atoms in total. The molecule has 0 amide bonds. The van der Waals surface area contributed by atoms with E-state index in [9.17, 15) is 19.2 Å². The summed E-state index contributed by atoms with van der Waals surface area (Å²) in [5.41, 5.74) is 2.52. The van der Waals surface area contributed by atoms with Gasteiger partial charge in [-0.2, -0.15) is 0 Å². The number of benzene rings is 2. The molecular weight excluding hydrogens is 444 g/mol. The fourth-order valence-corrected chi connectivity index (χ4v) is 3.36. The molecule has 34 heavy (non-hydrogen) atoms. The lowest BCUT2D eigenvalue weighted by Gasteiger charge is -2.23. The van der Waals surface area contributed by atoms with E-state index in [1.807, 2.05) is 13.8 Å². The highest BCUT2D eigenvalue weighted by atomic mass is 16.8. The van der Waals surface area contributed by atoms with Crippen molar-refractivity contribution in [1.82, 2.24) is 0 Å². The normalized spacial score (nSPS) is 21.4. The molecule has 0 N–H and O–H groups in total. The van der Waals surface area contributed by atoms with Crippen molar-refractivity contribution in [3.8, 4) is 0 Å². The first-order valence-corrected chi connectivity index (χ1v) is 10.7. The van der Waals surface area contributed by atoms with Crippen LogP contribution in [0.25, 0.3) is 0 Å². The van der Waals surface area contributed by atoms with Crippen LogP contribution in [0.5, 0.6) is 0 Å². The summed E-state index contributed by atoms with van der Waals surface area (Å²) >= 11 is 0. The molecule has 0 unspecified atom stereocenters. The van der Waals surface area contributed by atoms with E-state index in [0.717, 1.165) is 25.0 Å². The van der Waals surface area contributed by atoms with Crippen LogP contribution in [0.4, 0.5) is 0 Å². The van der Waals surface area contributed by atoms with Gasteiger partial charge in [0.1, 0.15) is 12.7 Å². The van der Waals surface area contributed by atoms with Gasteiger partial charge in [0.15, 0.2) is 6.10 Å². The van der Waals surface area contributed by atoms with Gasteiger partial charge < -0.3 is 23.7 Å². The summed E-state index contributed by atoms with van der Waals surface area (Å²) in [6.07, 6.45) is -4.86. The third kappa shape index (κ3) is 6.41. The molecule has 1 heterocycles. The highest BCUT2D eigenvalue weighted by molar-refractivity contribution is 5.90. The highest BCUT2D eigenvalue weighted by Gasteiger charge is 2.52. The minimum atomic E-state index is -1.35. The van der Waals surface area contributed by atoms with Crippen molar-refractivity contribution in [2.45, 2.75) is 52.3 Å². The van der Waals surface area contributed by atoms with Crippen molar-refractivity contribution in [2.24, 2.45) is 0 Å². The lowest BCUT2D eigenvalue weighted by atomic mass is 10.1. The molecule has 0 aromatic heterocycles. The molecule has 1 aliphatic rings. The second-order valence-electron chi connectivity index (χ2n) is 7.93. The molecule has 0 saturated carbocycles. The van der Waals surface area contributed by atoms with Crippen molar-refractivity contribution in [1.29, 1.82) is 0 Å². The molecule has 2 aromatic rings. The average molecular weight is 470 g/mol. The lowest BCUT2D eigenvalue weighted by Crippen LogP contribution is -2.42. The van der Waals surface area contributed by atoms with Crippen molar-refractivity contribution in [3.63, 3.8) is 0 Å². The Morgan fingerprint density at radius 3 is 1.71 bits per heavy atom. The van der Waals surface area contributed by atoms with Gasteiger partial charge in [-0.1, -0.05) is 35.4 Å². The Kier molecular flexibility index (Phi) is 8.01. The quantitative estimate of drug-likeness (QED) is 0.445. The van der Waals surface area contributed by atoms with E-state index in [2.05, 4.69) is 0 Å². The van der Waals surface area contributed by atoms with Gasteiger partial charge in [0.05, 0.1) is 11.1 Å². The van der Waals surface area contributed by atoms with E-state index in [-0.39, 0.29) is 12.2 Å². The fraction of sp³-hybridized carbons (Fsp3) is 0.360. The minimum Gasteiger partial charge on any atom is -0.459 e. The summed E-state index contributed by atoms with van der Waals surface area (Å²) in [6, 6.07) is 13.4. The molecule has 0 aliphatic carbocycles. The first-order valence-electron chi connectivity index (χ1n) is 10.7. The predicted octanol–water partition coefficient (Wildman–Crippen LogP) is 2.91. The van der Waals surface area contributed by atoms with E-state index in [0.29, 0.717) is 5.56 Å². The maximum absolute atomic E-state index is 12.8. The number of ether oxygens (including phenoxy) is 5. The van der Waals surface area contributed by atoms with Crippen LogP contribution in [-0.4, -0.2) is 55.1 Å². The van der Waals surface area contributed by atoms with E-state index in [4.69, 9.17) is 23.7 Å². The van der Waals surface area contributed by atoms with Crippen LogP contribution in [-0.2, 0) is 33.3 Å². The van der Waals surface area contributed by atoms with Crippen molar-refractivity contribution in [2.75, 3.05) is 6.61 Å². The maximum Gasteiger partial charge on any atom is 0.338 e. The summed E-state index contributed by atoms with van der Waals surface area (Å²) in [5, 5.41) is 0. The van der Waals surface area contributed by atoms with E-state index in [1.54, 1.807) is 48.5 Å². The van der Waals surface area contributed by atoms with Crippen LogP contribution in [0.2, 0.25) is 0 Å². The van der Waals surface area contributed by atoms with Gasteiger partial charge in [0.2, 0.25) is 12.4 Å². The number of carbonyl (C=O) groups excluding carboxylic acids is 4. The number of rotatable bonds is 7. The van der Waals surface area contributed by atoms with Crippen molar-refractivity contribution < 1.29 is 42.9 Å². The Bertz CT molecular complexity index is 1040. The smallest absolute Gasteiger partial charge is 0.338 e. The van der Waals surface area contributed by atoms with Gasteiger partial charge in [-0.25, -0.2) is 9.59 Å². The number of hydrogen-bond donors (Lipinski definition) is 0. The van der Waals surface area contributed by atoms with Crippen LogP contribution in [0.15, 0.2) is 48.5 Å². The Morgan fingerprint density at radius 2 is 1.21 bits per heavy atom. The zero-order chi connectivity index (χ0) is 24.8. The van der Waals surface area contributed by atoms with Gasteiger partial charge in [-0.3, -0.25) is 9.59 Å². The predicted molar refractivity (Wildman–Crippen MR) is 118 cm³/mol. The summed E-state index contributed by atoms with van der Waals surface area (Å²) in [5.74, 6) is -2.71. The molecule has 1 aliphatic heterocycles. The zero-order valence-corrected chi connectivity index (χ0v) is 19.3. The van der Waals surface area contributed by atoms with Crippen LogP contribution in [0.1, 0.15) is 45.7 Å². The molecule has 1 fully saturated rings. The molecule has 3 rings (SSSR count). The summed E-state index contributed by atoms with van der Waals surface area (Å²) in [4.78, 5) is 48.5. The monoisotopic (exact) mass is 470 g/mol. The number of aryl methyl sites for hydroxylation is 2. The highest BCUT2D eigenvalue weighted by Crippen LogP contribution is 2.29. The van der Waals surface area contributed by atoms with Crippen LogP contribution in [0, 0.1) is 13.8 Å². The van der Waals surface area contributed by atoms with Crippen LogP contribution in [0.3, 0.4) is 0 Å². The minimum absolute atomic E-state index is 0.263. The number of hydrogen-bond acceptors (Lipinski definition) is 9. The van der Waals surface area contributed by atoms with Crippen molar-refractivity contribution >= 4 is 23.9 Å². The van der Waals surface area contributed by atoms with E-state index < -0.39 is 48.5 Å². The lowest BCUT2D eigenvalue weighted by molar-refractivity contribution is -0.196. The molecule has 9 heteroatoms. The molecule has 0 spiro atoms. The van der Waals surface area contributed by atoms with Gasteiger partial charge in [0, 0.05) is 13.8 Å². The molecule has 2 aromatic carbocycles. The molecule has 1 saturated heterocycles. The second kappa shape index (κ2) is 10.9. The molecule has 4 atom stereocenters. The van der Waals surface area contributed by atoms with Crippen LogP contribution >= 0.6 is 0 Å². The average Bonchev–Trinajstić information content (AvgIpc) is 3.07. The first kappa shape index (κ1) is 24.9. The molecule has 0 radical (unpaired) electrons. The van der Waals surface area contributed by atoms with Gasteiger partial charge in [-0.05, 0) is 38.1 Å². The number of esters is 4. The Morgan fingerprint density at radius 1 is 0.706 bits per heavy atom. The summed E-state index contributed by atoms with van der Waals surface area (Å²) < 4.78 is 27.0. The Hall–Kier alpha value is -3.72. The molecule has 0 bridgehead atoms. The summed E-state index contributed by atoms with van der Waals surface area (Å²) in [6.45, 7) is 5.74. The maximum atomic E-state index is 12.8. The zero-order valence-electron chi connectivity index (χ0n) is 19.3. The summed E-state index contributed by atoms with van der Waals surface area (Å²) in [7, 11) is 0. The van der Waals surface area contributed by atoms with Gasteiger partial charge in [-0.15, -0.1) is 0 Å². The third-order valence-corrected chi connectivity index (χ3v) is 5.05. The number of carbonyl (C=O) groups is 4. The van der Waals surface area contributed by atoms with Gasteiger partial charge in [0.25, 0.3) is 0 Å².